The molecule has 11 heteroatoms. The molecule has 1 aliphatic heterocycles. The van der Waals surface area contributed by atoms with Gasteiger partial charge in [-0.15, -0.1) is 0 Å². The van der Waals surface area contributed by atoms with E-state index in [0.717, 1.165) is 11.3 Å². The van der Waals surface area contributed by atoms with Crippen molar-refractivity contribution in [2.45, 2.75) is 6.54 Å². The Labute approximate surface area is 189 Å². The van der Waals surface area contributed by atoms with Crippen molar-refractivity contribution < 1.29 is 23.7 Å². The molecule has 1 amide bonds. The van der Waals surface area contributed by atoms with Gasteiger partial charge in [-0.2, -0.15) is 4.98 Å². The smallest absolute Gasteiger partial charge is 0.273 e. The molecule has 1 saturated heterocycles. The number of benzene rings is 2. The highest BCUT2D eigenvalue weighted by Crippen LogP contribution is 2.21. The van der Waals surface area contributed by atoms with Gasteiger partial charge in [-0.25, -0.2) is 0 Å². The van der Waals surface area contributed by atoms with E-state index >= 15 is 0 Å². The van der Waals surface area contributed by atoms with E-state index in [1.54, 1.807) is 18.1 Å². The van der Waals surface area contributed by atoms with Crippen molar-refractivity contribution in [2.24, 2.45) is 0 Å². The molecule has 11 nitrogen and oxygen atoms in total. The number of hydrogen-bond acceptors (Lipinski definition) is 9. The van der Waals surface area contributed by atoms with Crippen molar-refractivity contribution in [2.75, 3.05) is 39.9 Å². The maximum absolute atomic E-state index is 12.5. The van der Waals surface area contributed by atoms with Crippen LogP contribution in [0.5, 0.6) is 11.5 Å². The minimum Gasteiger partial charge on any atom is -0.497 e. The molecule has 33 heavy (non-hydrogen) atoms. The maximum Gasteiger partial charge on any atom is 0.273 e. The van der Waals surface area contributed by atoms with E-state index in [4.69, 9.17) is 14.0 Å². The SMILES string of the molecule is COc1ccc(-c2noc(CN3CCN(C(=O)COc4cccc([N+](=O)[O-])c4)CC3)n2)cc1. The first-order chi connectivity index (χ1) is 16.0. The minimum atomic E-state index is -0.503. The van der Waals surface area contributed by atoms with Crippen LogP contribution in [0.1, 0.15) is 5.89 Å². The highest BCUT2D eigenvalue weighted by molar-refractivity contribution is 5.78. The molecule has 1 aromatic heterocycles. The van der Waals surface area contributed by atoms with Gasteiger partial charge in [0.15, 0.2) is 6.61 Å². The number of hydrogen-bond donors (Lipinski definition) is 0. The average Bonchev–Trinajstić information content (AvgIpc) is 3.31. The number of nitrogens with zero attached hydrogens (tertiary/aromatic N) is 5. The number of methoxy groups -OCH3 is 1. The van der Waals surface area contributed by atoms with Gasteiger partial charge in [0.25, 0.3) is 11.6 Å². The zero-order valence-electron chi connectivity index (χ0n) is 18.0. The van der Waals surface area contributed by atoms with E-state index in [1.807, 2.05) is 24.3 Å². The van der Waals surface area contributed by atoms with Crippen molar-refractivity contribution in [1.29, 1.82) is 0 Å². The third-order valence-corrected chi connectivity index (χ3v) is 5.29. The third-order valence-electron chi connectivity index (χ3n) is 5.29. The monoisotopic (exact) mass is 453 g/mol. The number of rotatable bonds is 8. The summed E-state index contributed by atoms with van der Waals surface area (Å²) in [6.45, 7) is 2.71. The average molecular weight is 453 g/mol. The molecule has 1 aliphatic rings. The molecule has 1 fully saturated rings. The first-order valence-electron chi connectivity index (χ1n) is 10.4. The number of nitro benzene ring substituents is 1. The van der Waals surface area contributed by atoms with Gasteiger partial charge in [0.2, 0.25) is 11.7 Å². The van der Waals surface area contributed by atoms with Crippen LogP contribution in [0.4, 0.5) is 5.69 Å². The molecule has 0 bridgehead atoms. The molecule has 0 atom stereocenters. The molecule has 0 radical (unpaired) electrons. The molecule has 0 spiro atoms. The van der Waals surface area contributed by atoms with Crippen molar-refractivity contribution in [3.8, 4) is 22.9 Å². The second-order valence-electron chi connectivity index (χ2n) is 7.44. The number of carbonyl (C=O) groups excluding carboxylic acids is 1. The molecular formula is C22H23N5O6. The molecule has 0 saturated carbocycles. The lowest BCUT2D eigenvalue weighted by atomic mass is 10.2. The summed E-state index contributed by atoms with van der Waals surface area (Å²) in [5, 5.41) is 14.9. The number of amides is 1. The van der Waals surface area contributed by atoms with Gasteiger partial charge in [0.05, 0.1) is 24.6 Å². The lowest BCUT2D eigenvalue weighted by Gasteiger charge is -2.33. The van der Waals surface area contributed by atoms with E-state index in [0.29, 0.717) is 50.2 Å². The van der Waals surface area contributed by atoms with Gasteiger partial charge in [-0.1, -0.05) is 11.2 Å². The third kappa shape index (κ3) is 5.63. The molecule has 4 rings (SSSR count). The van der Waals surface area contributed by atoms with E-state index in [-0.39, 0.29) is 18.2 Å². The molecule has 172 valence electrons. The van der Waals surface area contributed by atoms with Crippen LogP contribution < -0.4 is 9.47 Å². The Morgan fingerprint density at radius 3 is 2.58 bits per heavy atom. The Hall–Kier alpha value is -3.99. The summed E-state index contributed by atoms with van der Waals surface area (Å²) in [6.07, 6.45) is 0. The van der Waals surface area contributed by atoms with E-state index < -0.39 is 4.92 Å². The Kier molecular flexibility index (Phi) is 6.79. The molecule has 0 unspecified atom stereocenters. The van der Waals surface area contributed by atoms with Crippen molar-refractivity contribution in [1.82, 2.24) is 19.9 Å². The van der Waals surface area contributed by atoms with Gasteiger partial charge < -0.3 is 18.9 Å². The quantitative estimate of drug-likeness (QED) is 0.373. The molecule has 2 heterocycles. The minimum absolute atomic E-state index is 0.0789. The summed E-state index contributed by atoms with van der Waals surface area (Å²) in [5.41, 5.74) is 0.759. The molecule has 3 aromatic rings. The van der Waals surface area contributed by atoms with Gasteiger partial charge in [0.1, 0.15) is 11.5 Å². The number of carbonyl (C=O) groups is 1. The van der Waals surface area contributed by atoms with Crippen molar-refractivity contribution in [3.05, 3.63) is 64.5 Å². The van der Waals surface area contributed by atoms with Crippen molar-refractivity contribution >= 4 is 11.6 Å². The lowest BCUT2D eigenvalue weighted by molar-refractivity contribution is -0.384. The lowest BCUT2D eigenvalue weighted by Crippen LogP contribution is -2.49. The molecule has 2 aromatic carbocycles. The van der Waals surface area contributed by atoms with Crippen LogP contribution in [-0.2, 0) is 11.3 Å². The van der Waals surface area contributed by atoms with Crippen LogP contribution in [-0.4, -0.2) is 70.7 Å². The highest BCUT2D eigenvalue weighted by atomic mass is 16.6. The fourth-order valence-electron chi connectivity index (χ4n) is 3.45. The highest BCUT2D eigenvalue weighted by Gasteiger charge is 2.23. The number of nitro groups is 1. The summed E-state index contributed by atoms with van der Waals surface area (Å²) >= 11 is 0. The summed E-state index contributed by atoms with van der Waals surface area (Å²) in [7, 11) is 1.61. The first kappa shape index (κ1) is 22.2. The number of non-ortho nitro benzene ring substituents is 1. The number of piperazine rings is 1. The Morgan fingerprint density at radius 1 is 1.12 bits per heavy atom. The second-order valence-corrected chi connectivity index (χ2v) is 7.44. The predicted molar refractivity (Wildman–Crippen MR) is 117 cm³/mol. The fourth-order valence-corrected chi connectivity index (χ4v) is 3.45. The van der Waals surface area contributed by atoms with Crippen LogP contribution in [0.2, 0.25) is 0 Å². The Balaban J connectivity index is 1.24. The fraction of sp³-hybridized carbons (Fsp3) is 0.318. The van der Waals surface area contributed by atoms with Gasteiger partial charge in [-0.05, 0) is 30.3 Å². The van der Waals surface area contributed by atoms with Crippen LogP contribution in [0.25, 0.3) is 11.4 Å². The van der Waals surface area contributed by atoms with E-state index in [1.165, 1.54) is 18.2 Å². The normalized spacial score (nSPS) is 14.2. The summed E-state index contributed by atoms with van der Waals surface area (Å²) in [5.74, 6) is 1.90. The maximum atomic E-state index is 12.5. The molecular weight excluding hydrogens is 430 g/mol. The Bertz CT molecular complexity index is 1110. The van der Waals surface area contributed by atoms with Gasteiger partial charge >= 0.3 is 0 Å². The van der Waals surface area contributed by atoms with E-state index in [2.05, 4.69) is 15.0 Å². The number of aromatic nitrogens is 2. The zero-order chi connectivity index (χ0) is 23.2. The molecule has 0 aliphatic carbocycles. The summed E-state index contributed by atoms with van der Waals surface area (Å²) < 4.78 is 16.0. The van der Waals surface area contributed by atoms with Crippen LogP contribution >= 0.6 is 0 Å². The van der Waals surface area contributed by atoms with Gasteiger partial charge in [0, 0.05) is 37.8 Å². The first-order valence-corrected chi connectivity index (χ1v) is 10.4. The van der Waals surface area contributed by atoms with Crippen LogP contribution in [0.3, 0.4) is 0 Å². The van der Waals surface area contributed by atoms with E-state index in [9.17, 15) is 14.9 Å². The van der Waals surface area contributed by atoms with Crippen molar-refractivity contribution in [3.63, 3.8) is 0 Å². The van der Waals surface area contributed by atoms with Crippen LogP contribution in [0, 0.1) is 10.1 Å². The van der Waals surface area contributed by atoms with Gasteiger partial charge in [-0.3, -0.25) is 19.8 Å². The standard InChI is InChI=1S/C22H23N5O6/c1-31-18-7-5-16(6-8-18)22-23-20(33-24-22)14-25-9-11-26(12-10-25)21(28)15-32-19-4-2-3-17(13-19)27(29)30/h2-8,13H,9-12,14-15H2,1H3. The largest absolute Gasteiger partial charge is 0.497 e. The summed E-state index contributed by atoms with van der Waals surface area (Å²) in [4.78, 5) is 31.1. The summed E-state index contributed by atoms with van der Waals surface area (Å²) in [6, 6.07) is 13.2. The number of ether oxygens (including phenoxy) is 2. The topological polar surface area (TPSA) is 124 Å². The van der Waals surface area contributed by atoms with Crippen LogP contribution in [0.15, 0.2) is 53.1 Å². The Morgan fingerprint density at radius 2 is 1.88 bits per heavy atom. The predicted octanol–water partition coefficient (Wildman–Crippen LogP) is 2.38. The second kappa shape index (κ2) is 10.1. The zero-order valence-corrected chi connectivity index (χ0v) is 18.0. The molecule has 0 N–H and O–H groups in total.